The van der Waals surface area contributed by atoms with Gasteiger partial charge in [0.2, 0.25) is 0 Å². The molecule has 4 rings (SSSR count). The molecule has 142 valence electrons. The van der Waals surface area contributed by atoms with Gasteiger partial charge in [0.1, 0.15) is 11.2 Å². The Morgan fingerprint density at radius 2 is 1.78 bits per heavy atom. The average Bonchev–Trinajstić information content (AvgIpc) is 3.19. The second-order valence-electron chi connectivity index (χ2n) is 6.41. The molecule has 0 spiro atoms. The van der Waals surface area contributed by atoms with Gasteiger partial charge in [0.25, 0.3) is 0 Å². The molecule has 27 heavy (non-hydrogen) atoms. The third-order valence-electron chi connectivity index (χ3n) is 4.27. The van der Waals surface area contributed by atoms with Crippen LogP contribution in [0.2, 0.25) is 0 Å². The summed E-state index contributed by atoms with van der Waals surface area (Å²) in [4.78, 5) is 5.04. The number of hydrogen-bond donors (Lipinski definition) is 1. The maximum Gasteiger partial charge on any atom is 0.119 e. The number of aliphatic hydroxyl groups excluding tert-OH is 1. The van der Waals surface area contributed by atoms with Crippen LogP contribution in [0.3, 0.4) is 0 Å². The van der Waals surface area contributed by atoms with Gasteiger partial charge in [0.15, 0.2) is 0 Å². The SMILES string of the molecule is CCCCOc1ccc(SC(O)CCn2ccnc2)cc1.c1cc2ccc1=2. The first-order chi connectivity index (χ1) is 13.2. The first kappa shape index (κ1) is 19.5. The maximum atomic E-state index is 10.0. The molecule has 1 aromatic heterocycles. The first-order valence-corrected chi connectivity index (χ1v) is 10.3. The predicted octanol–water partition coefficient (Wildman–Crippen LogP) is 4.85. The molecule has 4 nitrogen and oxygen atoms in total. The lowest BCUT2D eigenvalue weighted by Gasteiger charge is -2.11. The highest BCUT2D eigenvalue weighted by molar-refractivity contribution is 7.99. The molecule has 1 atom stereocenters. The molecular formula is C22H26N2O2S. The van der Waals surface area contributed by atoms with E-state index in [0.717, 1.165) is 36.6 Å². The molecule has 5 heteroatoms. The fourth-order valence-electron chi connectivity index (χ4n) is 2.51. The van der Waals surface area contributed by atoms with Crippen LogP contribution < -0.4 is 4.74 Å². The number of hydrogen-bond acceptors (Lipinski definition) is 4. The number of nitrogens with zero attached hydrogens (tertiary/aromatic N) is 2. The molecule has 1 unspecified atom stereocenters. The van der Waals surface area contributed by atoms with Crippen molar-refractivity contribution in [2.75, 3.05) is 6.61 Å². The molecule has 2 aliphatic carbocycles. The Morgan fingerprint density at radius 3 is 2.30 bits per heavy atom. The van der Waals surface area contributed by atoms with E-state index in [1.165, 1.54) is 22.2 Å². The minimum absolute atomic E-state index is 0.417. The van der Waals surface area contributed by atoms with Crippen LogP contribution in [-0.4, -0.2) is 26.7 Å². The van der Waals surface area contributed by atoms with E-state index in [0.29, 0.717) is 6.42 Å². The molecule has 0 bridgehead atoms. The van der Waals surface area contributed by atoms with Gasteiger partial charge in [-0.3, -0.25) is 0 Å². The van der Waals surface area contributed by atoms with E-state index in [-0.39, 0.29) is 0 Å². The fourth-order valence-corrected chi connectivity index (χ4v) is 3.34. The third-order valence-corrected chi connectivity index (χ3v) is 5.33. The van der Waals surface area contributed by atoms with E-state index in [1.807, 2.05) is 35.0 Å². The van der Waals surface area contributed by atoms with Gasteiger partial charge in [-0.1, -0.05) is 49.4 Å². The van der Waals surface area contributed by atoms with Gasteiger partial charge in [-0.25, -0.2) is 4.98 Å². The second-order valence-corrected chi connectivity index (χ2v) is 7.66. The highest BCUT2D eigenvalue weighted by Crippen LogP contribution is 2.26. The molecule has 2 aromatic rings. The Balaban J connectivity index is 0.000000290. The summed E-state index contributed by atoms with van der Waals surface area (Å²) in [5.74, 6) is 0.890. The van der Waals surface area contributed by atoms with Crippen molar-refractivity contribution in [3.63, 3.8) is 0 Å². The van der Waals surface area contributed by atoms with Gasteiger partial charge >= 0.3 is 0 Å². The van der Waals surface area contributed by atoms with Crippen LogP contribution in [0.5, 0.6) is 5.75 Å². The average molecular weight is 383 g/mol. The minimum atomic E-state index is -0.417. The Bertz CT molecular complexity index is 845. The number of rotatable bonds is 9. The monoisotopic (exact) mass is 382 g/mol. The van der Waals surface area contributed by atoms with E-state index < -0.39 is 5.44 Å². The standard InChI is InChI=1S/C16H22N2O2S.C6H4/c1-2-3-12-20-14-4-6-15(7-5-14)21-16(19)8-10-18-11-9-17-13-18;1-2-6-4-3-5(1)6/h4-7,9,11,13,16,19H,2-3,8,10,12H2,1H3;1-4H. The van der Waals surface area contributed by atoms with Gasteiger partial charge in [-0.2, -0.15) is 0 Å². The summed E-state index contributed by atoms with van der Waals surface area (Å²) in [7, 11) is 0. The number of aryl methyl sites for hydroxylation is 1. The third kappa shape index (κ3) is 6.15. The van der Waals surface area contributed by atoms with Crippen LogP contribution in [0.1, 0.15) is 26.2 Å². The zero-order valence-electron chi connectivity index (χ0n) is 15.6. The Kier molecular flexibility index (Phi) is 7.36. The zero-order chi connectivity index (χ0) is 18.9. The molecular weight excluding hydrogens is 356 g/mol. The first-order valence-electron chi connectivity index (χ1n) is 9.38. The van der Waals surface area contributed by atoms with Crippen LogP contribution in [-0.2, 0) is 6.54 Å². The van der Waals surface area contributed by atoms with Crippen LogP contribution in [0, 0.1) is 10.4 Å². The van der Waals surface area contributed by atoms with Crippen molar-refractivity contribution < 1.29 is 9.84 Å². The molecule has 0 saturated carbocycles. The molecule has 0 aliphatic heterocycles. The second kappa shape index (κ2) is 10.2. The number of aliphatic hydroxyl groups is 1. The highest BCUT2D eigenvalue weighted by atomic mass is 32.2. The maximum absolute atomic E-state index is 10.0. The number of benzene rings is 2. The lowest BCUT2D eigenvalue weighted by molar-refractivity contribution is 0.245. The summed E-state index contributed by atoms with van der Waals surface area (Å²) >= 11 is 1.47. The topological polar surface area (TPSA) is 47.3 Å². The van der Waals surface area contributed by atoms with E-state index >= 15 is 0 Å². The summed E-state index contributed by atoms with van der Waals surface area (Å²) in [5, 5.41) is 12.9. The molecule has 0 radical (unpaired) electrons. The summed E-state index contributed by atoms with van der Waals surface area (Å²) in [6.07, 6.45) is 8.31. The number of thioether (sulfide) groups is 1. The molecule has 1 N–H and O–H groups in total. The summed E-state index contributed by atoms with van der Waals surface area (Å²) in [5.41, 5.74) is -0.417. The molecule has 0 saturated heterocycles. The number of imidazole rings is 1. The van der Waals surface area contributed by atoms with Gasteiger partial charge in [0.05, 0.1) is 12.9 Å². The van der Waals surface area contributed by atoms with Crippen LogP contribution in [0.25, 0.3) is 0 Å². The van der Waals surface area contributed by atoms with E-state index in [9.17, 15) is 5.11 Å². The van der Waals surface area contributed by atoms with Crippen molar-refractivity contribution in [3.05, 3.63) is 77.7 Å². The molecule has 1 aromatic carbocycles. The summed E-state index contributed by atoms with van der Waals surface area (Å²) in [6.45, 7) is 3.68. The molecule has 2 aliphatic rings. The minimum Gasteiger partial charge on any atom is -0.494 e. The Morgan fingerprint density at radius 1 is 1.07 bits per heavy atom. The summed E-state index contributed by atoms with van der Waals surface area (Å²) < 4.78 is 7.59. The van der Waals surface area contributed by atoms with Gasteiger partial charge < -0.3 is 14.4 Å². The van der Waals surface area contributed by atoms with Gasteiger partial charge in [-0.05, 0) is 41.1 Å². The lowest BCUT2D eigenvalue weighted by atomic mass is 10.1. The largest absolute Gasteiger partial charge is 0.494 e. The van der Waals surface area contributed by atoms with Crippen molar-refractivity contribution in [2.24, 2.45) is 0 Å². The lowest BCUT2D eigenvalue weighted by Crippen LogP contribution is -2.06. The smallest absolute Gasteiger partial charge is 0.119 e. The van der Waals surface area contributed by atoms with Gasteiger partial charge in [-0.15, -0.1) is 0 Å². The van der Waals surface area contributed by atoms with Crippen molar-refractivity contribution in [2.45, 2.75) is 43.1 Å². The Labute approximate surface area is 164 Å². The van der Waals surface area contributed by atoms with E-state index in [2.05, 4.69) is 36.2 Å². The van der Waals surface area contributed by atoms with E-state index in [1.54, 1.807) is 12.5 Å². The van der Waals surface area contributed by atoms with E-state index in [4.69, 9.17) is 4.74 Å². The number of unbranched alkanes of at least 4 members (excludes halogenated alkanes) is 1. The van der Waals surface area contributed by atoms with Crippen LogP contribution >= 0.6 is 11.8 Å². The molecule has 0 amide bonds. The predicted molar refractivity (Wildman–Crippen MR) is 110 cm³/mol. The van der Waals surface area contributed by atoms with Crippen molar-refractivity contribution >= 4 is 11.8 Å². The molecule has 0 fully saturated rings. The zero-order valence-corrected chi connectivity index (χ0v) is 16.4. The highest BCUT2D eigenvalue weighted by Gasteiger charge is 2.07. The van der Waals surface area contributed by atoms with Crippen LogP contribution in [0.15, 0.2) is 72.1 Å². The normalized spacial score (nSPS) is 12.1. The fraction of sp³-hybridized carbons (Fsp3) is 0.318. The number of ether oxygens (including phenoxy) is 1. The number of aromatic nitrogens is 2. The quantitative estimate of drug-likeness (QED) is 0.255. The van der Waals surface area contributed by atoms with Crippen molar-refractivity contribution in [1.29, 1.82) is 0 Å². The van der Waals surface area contributed by atoms with Gasteiger partial charge in [0, 0.05) is 30.3 Å². The van der Waals surface area contributed by atoms with Crippen molar-refractivity contribution in [1.82, 2.24) is 9.55 Å². The van der Waals surface area contributed by atoms with Crippen LogP contribution in [0.4, 0.5) is 0 Å². The molecule has 1 heterocycles. The van der Waals surface area contributed by atoms with Crippen molar-refractivity contribution in [3.8, 4) is 5.75 Å². The Hall–Kier alpha value is -2.24. The summed E-state index contributed by atoms with van der Waals surface area (Å²) in [6, 6.07) is 16.4.